The molecule has 0 unspecified atom stereocenters. The van der Waals surface area contributed by atoms with Crippen LogP contribution < -0.4 is 5.32 Å². The van der Waals surface area contributed by atoms with Crippen molar-refractivity contribution in [1.82, 2.24) is 4.98 Å². The van der Waals surface area contributed by atoms with E-state index in [0.717, 1.165) is 29.7 Å². The van der Waals surface area contributed by atoms with Gasteiger partial charge in [0.15, 0.2) is 0 Å². The molecule has 1 heterocycles. The number of hydrogen-bond acceptors (Lipinski definition) is 3. The second-order valence-electron chi connectivity index (χ2n) is 4.61. The Labute approximate surface area is 118 Å². The lowest BCUT2D eigenvalue weighted by Gasteiger charge is -2.07. The number of aliphatic hydroxyl groups is 1. The lowest BCUT2D eigenvalue weighted by molar-refractivity contribution is -0.115. The predicted molar refractivity (Wildman–Crippen MR) is 78.4 cm³/mol. The third kappa shape index (κ3) is 4.48. The maximum absolute atomic E-state index is 11.9. The monoisotopic (exact) mass is 270 g/mol. The summed E-state index contributed by atoms with van der Waals surface area (Å²) in [6.07, 6.45) is 5.23. The van der Waals surface area contributed by atoms with Crippen LogP contribution in [-0.4, -0.2) is 22.6 Å². The molecular formula is C16H18N2O2. The number of amides is 1. The van der Waals surface area contributed by atoms with Gasteiger partial charge >= 0.3 is 0 Å². The minimum absolute atomic E-state index is 0.0458. The van der Waals surface area contributed by atoms with Crippen LogP contribution in [0.1, 0.15) is 17.5 Å². The van der Waals surface area contributed by atoms with E-state index in [0.29, 0.717) is 6.42 Å². The fourth-order valence-corrected chi connectivity index (χ4v) is 1.98. The molecule has 0 spiro atoms. The summed E-state index contributed by atoms with van der Waals surface area (Å²) in [5.74, 6) is -0.0458. The Kier molecular flexibility index (Phi) is 5.26. The summed E-state index contributed by atoms with van der Waals surface area (Å²) in [4.78, 5) is 15.9. The van der Waals surface area contributed by atoms with Gasteiger partial charge < -0.3 is 10.4 Å². The standard InChI is InChI=1S/C16H18N2O2/c19-10-2-4-13-3-1-5-15(11-13)18-16(20)12-14-6-8-17-9-7-14/h1,3,5-9,11,19H,2,4,10,12H2,(H,18,20). The van der Waals surface area contributed by atoms with Crippen molar-refractivity contribution < 1.29 is 9.90 Å². The van der Waals surface area contributed by atoms with E-state index < -0.39 is 0 Å². The van der Waals surface area contributed by atoms with Crippen molar-refractivity contribution in [3.63, 3.8) is 0 Å². The maximum Gasteiger partial charge on any atom is 0.228 e. The minimum Gasteiger partial charge on any atom is -0.396 e. The van der Waals surface area contributed by atoms with Crippen molar-refractivity contribution >= 4 is 11.6 Å². The molecule has 0 atom stereocenters. The summed E-state index contributed by atoms with van der Waals surface area (Å²) in [7, 11) is 0. The van der Waals surface area contributed by atoms with Crippen LogP contribution in [0.3, 0.4) is 0 Å². The third-order valence-electron chi connectivity index (χ3n) is 2.95. The summed E-state index contributed by atoms with van der Waals surface area (Å²) in [5.41, 5.74) is 2.84. The Balaban J connectivity index is 1.94. The molecule has 0 aliphatic heterocycles. The molecule has 2 aromatic rings. The number of rotatable bonds is 6. The Bertz CT molecular complexity index is 555. The summed E-state index contributed by atoms with van der Waals surface area (Å²) < 4.78 is 0. The lowest BCUT2D eigenvalue weighted by Crippen LogP contribution is -2.14. The van der Waals surface area contributed by atoms with Gasteiger partial charge in [-0.05, 0) is 48.2 Å². The van der Waals surface area contributed by atoms with Gasteiger partial charge in [-0.25, -0.2) is 0 Å². The first-order valence-corrected chi connectivity index (χ1v) is 6.66. The molecule has 0 bridgehead atoms. The van der Waals surface area contributed by atoms with Crippen LogP contribution in [0, 0.1) is 0 Å². The van der Waals surface area contributed by atoms with Crippen molar-refractivity contribution in [2.24, 2.45) is 0 Å². The van der Waals surface area contributed by atoms with E-state index in [2.05, 4.69) is 10.3 Å². The Morgan fingerprint density at radius 2 is 1.95 bits per heavy atom. The number of nitrogens with zero attached hydrogens (tertiary/aromatic N) is 1. The summed E-state index contributed by atoms with van der Waals surface area (Å²) in [6, 6.07) is 11.4. The molecule has 1 amide bonds. The zero-order chi connectivity index (χ0) is 14.2. The van der Waals surface area contributed by atoms with E-state index in [1.165, 1.54) is 0 Å². The number of aliphatic hydroxyl groups excluding tert-OH is 1. The molecule has 0 saturated carbocycles. The summed E-state index contributed by atoms with van der Waals surface area (Å²) in [6.45, 7) is 0.179. The number of benzene rings is 1. The molecule has 4 heteroatoms. The zero-order valence-electron chi connectivity index (χ0n) is 11.2. The Morgan fingerprint density at radius 3 is 2.70 bits per heavy atom. The molecule has 0 aliphatic carbocycles. The van der Waals surface area contributed by atoms with Crippen molar-refractivity contribution in [3.8, 4) is 0 Å². The van der Waals surface area contributed by atoms with Gasteiger partial charge in [0.2, 0.25) is 5.91 Å². The van der Waals surface area contributed by atoms with Gasteiger partial charge in [-0.3, -0.25) is 9.78 Å². The van der Waals surface area contributed by atoms with Crippen LogP contribution in [0.4, 0.5) is 5.69 Å². The van der Waals surface area contributed by atoms with Crippen molar-refractivity contribution in [1.29, 1.82) is 0 Å². The predicted octanol–water partition coefficient (Wildman–Crippen LogP) is 2.19. The fraction of sp³-hybridized carbons (Fsp3) is 0.250. The number of carbonyl (C=O) groups excluding carboxylic acids is 1. The molecule has 4 nitrogen and oxygen atoms in total. The second kappa shape index (κ2) is 7.40. The third-order valence-corrected chi connectivity index (χ3v) is 2.95. The Morgan fingerprint density at radius 1 is 1.15 bits per heavy atom. The van der Waals surface area contributed by atoms with Crippen molar-refractivity contribution in [2.75, 3.05) is 11.9 Å². The normalized spacial score (nSPS) is 10.2. The number of anilines is 1. The number of nitrogens with one attached hydrogen (secondary N) is 1. The molecular weight excluding hydrogens is 252 g/mol. The smallest absolute Gasteiger partial charge is 0.228 e. The van der Waals surface area contributed by atoms with Gasteiger partial charge in [-0.15, -0.1) is 0 Å². The molecule has 1 aromatic heterocycles. The van der Waals surface area contributed by atoms with Crippen LogP contribution in [0.2, 0.25) is 0 Å². The summed E-state index contributed by atoms with van der Waals surface area (Å²) >= 11 is 0. The van der Waals surface area contributed by atoms with E-state index >= 15 is 0 Å². The molecule has 2 rings (SSSR count). The maximum atomic E-state index is 11.9. The van der Waals surface area contributed by atoms with Crippen LogP contribution >= 0.6 is 0 Å². The second-order valence-corrected chi connectivity index (χ2v) is 4.61. The van der Waals surface area contributed by atoms with Crippen LogP contribution in [0.15, 0.2) is 48.8 Å². The number of aromatic nitrogens is 1. The average molecular weight is 270 g/mol. The first kappa shape index (κ1) is 14.2. The highest BCUT2D eigenvalue weighted by Gasteiger charge is 2.04. The SMILES string of the molecule is O=C(Cc1ccncc1)Nc1cccc(CCCO)c1. The number of hydrogen-bond donors (Lipinski definition) is 2. The molecule has 0 saturated heterocycles. The molecule has 2 N–H and O–H groups in total. The van der Waals surface area contributed by atoms with Crippen LogP contribution in [-0.2, 0) is 17.6 Å². The highest BCUT2D eigenvalue weighted by Crippen LogP contribution is 2.12. The van der Waals surface area contributed by atoms with Crippen molar-refractivity contribution in [3.05, 3.63) is 59.9 Å². The minimum atomic E-state index is -0.0458. The number of pyridine rings is 1. The van der Waals surface area contributed by atoms with E-state index in [9.17, 15) is 4.79 Å². The van der Waals surface area contributed by atoms with E-state index in [-0.39, 0.29) is 12.5 Å². The lowest BCUT2D eigenvalue weighted by atomic mass is 10.1. The first-order chi connectivity index (χ1) is 9.78. The van der Waals surface area contributed by atoms with E-state index in [1.54, 1.807) is 12.4 Å². The van der Waals surface area contributed by atoms with Gasteiger partial charge in [0.1, 0.15) is 0 Å². The molecule has 0 aliphatic rings. The van der Waals surface area contributed by atoms with Gasteiger partial charge in [-0.1, -0.05) is 12.1 Å². The molecule has 104 valence electrons. The van der Waals surface area contributed by atoms with Gasteiger partial charge in [-0.2, -0.15) is 0 Å². The fourth-order valence-electron chi connectivity index (χ4n) is 1.98. The molecule has 0 radical (unpaired) electrons. The van der Waals surface area contributed by atoms with Gasteiger partial charge in [0, 0.05) is 24.7 Å². The van der Waals surface area contributed by atoms with E-state index in [1.807, 2.05) is 36.4 Å². The highest BCUT2D eigenvalue weighted by molar-refractivity contribution is 5.92. The van der Waals surface area contributed by atoms with Gasteiger partial charge in [0.05, 0.1) is 6.42 Å². The van der Waals surface area contributed by atoms with Crippen LogP contribution in [0.5, 0.6) is 0 Å². The van der Waals surface area contributed by atoms with Crippen LogP contribution in [0.25, 0.3) is 0 Å². The average Bonchev–Trinajstić information content (AvgIpc) is 2.46. The Hall–Kier alpha value is -2.20. The summed E-state index contributed by atoms with van der Waals surface area (Å²) in [5, 5.41) is 11.7. The first-order valence-electron chi connectivity index (χ1n) is 6.66. The van der Waals surface area contributed by atoms with E-state index in [4.69, 9.17) is 5.11 Å². The topological polar surface area (TPSA) is 62.2 Å². The number of carbonyl (C=O) groups is 1. The molecule has 1 aromatic carbocycles. The van der Waals surface area contributed by atoms with Crippen molar-refractivity contribution in [2.45, 2.75) is 19.3 Å². The molecule has 20 heavy (non-hydrogen) atoms. The zero-order valence-corrected chi connectivity index (χ0v) is 11.2. The quantitative estimate of drug-likeness (QED) is 0.845. The van der Waals surface area contributed by atoms with Gasteiger partial charge in [0.25, 0.3) is 0 Å². The number of aryl methyl sites for hydroxylation is 1. The highest BCUT2D eigenvalue weighted by atomic mass is 16.2. The molecule has 0 fully saturated rings. The largest absolute Gasteiger partial charge is 0.396 e.